The van der Waals surface area contributed by atoms with Crippen molar-refractivity contribution in [2.75, 3.05) is 26.1 Å². The molecule has 0 radical (unpaired) electrons. The molecule has 0 fully saturated rings. The number of benzene rings is 3. The molecule has 3 rings (SSSR count). The highest BCUT2D eigenvalue weighted by Gasteiger charge is 2.14. The fourth-order valence-electron chi connectivity index (χ4n) is 3.08. The van der Waals surface area contributed by atoms with Gasteiger partial charge in [0.2, 0.25) is 0 Å². The van der Waals surface area contributed by atoms with Gasteiger partial charge in [-0.3, -0.25) is 14.9 Å². The number of ether oxygens (including phenoxy) is 3. The lowest BCUT2D eigenvalue weighted by molar-refractivity contribution is -0.384. The predicted octanol–water partition coefficient (Wildman–Crippen LogP) is 5.46. The Kier molecular flexibility index (Phi) is 8.43. The van der Waals surface area contributed by atoms with Gasteiger partial charge in [0.15, 0.2) is 18.1 Å². The van der Waals surface area contributed by atoms with E-state index in [-0.39, 0.29) is 18.2 Å². The summed E-state index contributed by atoms with van der Waals surface area (Å²) in [6.07, 6.45) is 1.62. The Bertz CT molecular complexity index is 1300. The maximum Gasteiger partial charge on any atom is 0.269 e. The van der Waals surface area contributed by atoms with Gasteiger partial charge in [0.1, 0.15) is 5.75 Å². The van der Waals surface area contributed by atoms with E-state index in [1.807, 2.05) is 0 Å². The molecule has 0 spiro atoms. The van der Waals surface area contributed by atoms with Gasteiger partial charge in [0, 0.05) is 17.8 Å². The van der Waals surface area contributed by atoms with Crippen molar-refractivity contribution in [1.82, 2.24) is 0 Å². The van der Waals surface area contributed by atoms with Crippen LogP contribution in [0.15, 0.2) is 65.1 Å². The van der Waals surface area contributed by atoms with E-state index in [2.05, 4.69) is 27.3 Å². The van der Waals surface area contributed by atoms with E-state index in [0.717, 1.165) is 0 Å². The van der Waals surface area contributed by atoms with Crippen molar-refractivity contribution in [3.8, 4) is 23.3 Å². The zero-order valence-electron chi connectivity index (χ0n) is 18.8. The summed E-state index contributed by atoms with van der Waals surface area (Å²) >= 11 is 3.43. The third-order valence-corrected chi connectivity index (χ3v) is 5.38. The first kappa shape index (κ1) is 25.3. The molecule has 3 aromatic rings. The second-order valence-electron chi connectivity index (χ2n) is 7.07. The largest absolute Gasteiger partial charge is 0.497 e. The summed E-state index contributed by atoms with van der Waals surface area (Å²) in [5.41, 5.74) is 2.00. The van der Waals surface area contributed by atoms with Crippen molar-refractivity contribution in [2.45, 2.75) is 0 Å². The molecule has 0 saturated carbocycles. The van der Waals surface area contributed by atoms with Gasteiger partial charge in [0.25, 0.3) is 11.6 Å². The molecule has 35 heavy (non-hydrogen) atoms. The number of allylic oxidation sites excluding steroid dienone is 1. The average Bonchev–Trinajstić information content (AvgIpc) is 2.86. The number of nitrogens with zero attached hydrogens (tertiary/aromatic N) is 2. The monoisotopic (exact) mass is 537 g/mol. The standard InChI is InChI=1S/C25H20BrN3O6/c1-33-21-9-5-19(6-10-21)28-24(30)15-35-25-22(26)12-16(13-23(25)34-2)11-18(14-27)17-3-7-20(8-4-17)29(31)32/h3-13H,15H2,1-2H3,(H,28,30)/b18-11+. The van der Waals surface area contributed by atoms with Crippen LogP contribution in [0.2, 0.25) is 0 Å². The Hall–Kier alpha value is -4.36. The van der Waals surface area contributed by atoms with Crippen molar-refractivity contribution in [3.63, 3.8) is 0 Å². The molecule has 1 N–H and O–H groups in total. The van der Waals surface area contributed by atoms with Crippen molar-refractivity contribution < 1.29 is 23.9 Å². The second-order valence-corrected chi connectivity index (χ2v) is 7.93. The van der Waals surface area contributed by atoms with Crippen LogP contribution in [0.1, 0.15) is 11.1 Å². The SMILES string of the molecule is COc1ccc(NC(=O)COc2c(Br)cc(/C=C(\C#N)c3ccc([N+](=O)[O-])cc3)cc2OC)cc1. The Labute approximate surface area is 209 Å². The molecule has 0 bridgehead atoms. The molecule has 9 nitrogen and oxygen atoms in total. The van der Waals surface area contributed by atoms with Gasteiger partial charge in [0.05, 0.1) is 35.3 Å². The molecule has 0 aliphatic carbocycles. The molecule has 178 valence electrons. The summed E-state index contributed by atoms with van der Waals surface area (Å²) in [6, 6.07) is 18.1. The highest BCUT2D eigenvalue weighted by Crippen LogP contribution is 2.37. The van der Waals surface area contributed by atoms with E-state index < -0.39 is 4.92 Å². The number of amides is 1. The Morgan fingerprint density at radius 3 is 2.37 bits per heavy atom. The number of carbonyl (C=O) groups is 1. The molecule has 1 amide bonds. The average molecular weight is 538 g/mol. The molecule has 0 atom stereocenters. The number of nitro benzene ring substituents is 1. The number of nitriles is 1. The van der Waals surface area contributed by atoms with Crippen LogP contribution in [-0.4, -0.2) is 31.7 Å². The molecular weight excluding hydrogens is 518 g/mol. The fraction of sp³-hybridized carbons (Fsp3) is 0.120. The molecular formula is C25H20BrN3O6. The number of non-ortho nitro benzene ring substituents is 1. The summed E-state index contributed by atoms with van der Waals surface area (Å²) < 4.78 is 16.7. The van der Waals surface area contributed by atoms with Crippen molar-refractivity contribution in [1.29, 1.82) is 5.26 Å². The normalized spacial score (nSPS) is 10.7. The molecule has 3 aromatic carbocycles. The summed E-state index contributed by atoms with van der Waals surface area (Å²) in [5, 5.41) is 23.2. The Morgan fingerprint density at radius 2 is 1.80 bits per heavy atom. The first-order valence-electron chi connectivity index (χ1n) is 10.2. The maximum atomic E-state index is 12.3. The number of nitro groups is 1. The van der Waals surface area contributed by atoms with Gasteiger partial charge in [-0.1, -0.05) is 0 Å². The smallest absolute Gasteiger partial charge is 0.269 e. The maximum absolute atomic E-state index is 12.3. The van der Waals surface area contributed by atoms with Gasteiger partial charge < -0.3 is 19.5 Å². The molecule has 0 aliphatic rings. The number of carbonyl (C=O) groups excluding carboxylic acids is 1. The summed E-state index contributed by atoms with van der Waals surface area (Å²) in [6.45, 7) is -0.261. The van der Waals surface area contributed by atoms with E-state index in [0.29, 0.717) is 44.1 Å². The van der Waals surface area contributed by atoms with E-state index >= 15 is 0 Å². The van der Waals surface area contributed by atoms with Crippen LogP contribution in [-0.2, 0) is 4.79 Å². The minimum Gasteiger partial charge on any atom is -0.497 e. The highest BCUT2D eigenvalue weighted by molar-refractivity contribution is 9.10. The number of hydrogen-bond donors (Lipinski definition) is 1. The van der Waals surface area contributed by atoms with E-state index in [4.69, 9.17) is 14.2 Å². The molecule has 0 aliphatic heterocycles. The number of nitrogens with one attached hydrogen (secondary N) is 1. The summed E-state index contributed by atoms with van der Waals surface area (Å²) in [7, 11) is 3.02. The van der Waals surface area contributed by atoms with Crippen LogP contribution in [0, 0.1) is 21.4 Å². The van der Waals surface area contributed by atoms with E-state index in [9.17, 15) is 20.2 Å². The number of rotatable bonds is 9. The van der Waals surface area contributed by atoms with E-state index in [1.54, 1.807) is 49.6 Å². The second kappa shape index (κ2) is 11.7. The molecule has 0 unspecified atom stereocenters. The molecule has 0 aromatic heterocycles. The fourth-order valence-corrected chi connectivity index (χ4v) is 3.66. The lowest BCUT2D eigenvalue weighted by Crippen LogP contribution is -2.20. The topological polar surface area (TPSA) is 124 Å². The van der Waals surface area contributed by atoms with Gasteiger partial charge in [-0.05, 0) is 81.7 Å². The minimum atomic E-state index is -0.502. The zero-order chi connectivity index (χ0) is 25.4. The van der Waals surface area contributed by atoms with Gasteiger partial charge in [-0.15, -0.1) is 0 Å². The minimum absolute atomic E-state index is 0.0621. The lowest BCUT2D eigenvalue weighted by atomic mass is 10.0. The van der Waals surface area contributed by atoms with Gasteiger partial charge >= 0.3 is 0 Å². The number of methoxy groups -OCH3 is 2. The Morgan fingerprint density at radius 1 is 1.11 bits per heavy atom. The summed E-state index contributed by atoms with van der Waals surface area (Å²) in [5.74, 6) is 0.987. The van der Waals surface area contributed by atoms with Crippen molar-refractivity contribution in [3.05, 3.63) is 86.4 Å². The molecule has 0 saturated heterocycles. The third-order valence-electron chi connectivity index (χ3n) is 4.79. The number of halogens is 1. The van der Waals surface area contributed by atoms with Crippen LogP contribution >= 0.6 is 15.9 Å². The lowest BCUT2D eigenvalue weighted by Gasteiger charge is -2.14. The summed E-state index contributed by atoms with van der Waals surface area (Å²) in [4.78, 5) is 22.7. The van der Waals surface area contributed by atoms with E-state index in [1.165, 1.54) is 31.4 Å². The third kappa shape index (κ3) is 6.59. The van der Waals surface area contributed by atoms with Crippen LogP contribution in [0.4, 0.5) is 11.4 Å². The van der Waals surface area contributed by atoms with Crippen LogP contribution in [0.25, 0.3) is 11.6 Å². The first-order chi connectivity index (χ1) is 16.8. The highest BCUT2D eigenvalue weighted by atomic mass is 79.9. The first-order valence-corrected chi connectivity index (χ1v) is 10.9. The van der Waals surface area contributed by atoms with Crippen LogP contribution in [0.3, 0.4) is 0 Å². The Balaban J connectivity index is 1.76. The van der Waals surface area contributed by atoms with Crippen LogP contribution in [0.5, 0.6) is 17.2 Å². The van der Waals surface area contributed by atoms with Crippen molar-refractivity contribution in [2.24, 2.45) is 0 Å². The predicted molar refractivity (Wildman–Crippen MR) is 134 cm³/mol. The number of anilines is 1. The number of hydrogen-bond acceptors (Lipinski definition) is 7. The molecule has 10 heteroatoms. The molecule has 0 heterocycles. The van der Waals surface area contributed by atoms with Gasteiger partial charge in [-0.25, -0.2) is 0 Å². The quantitative estimate of drug-likeness (QED) is 0.166. The van der Waals surface area contributed by atoms with Crippen molar-refractivity contribution >= 4 is 44.9 Å². The van der Waals surface area contributed by atoms with Gasteiger partial charge in [-0.2, -0.15) is 5.26 Å². The van der Waals surface area contributed by atoms with Crippen LogP contribution < -0.4 is 19.5 Å². The zero-order valence-corrected chi connectivity index (χ0v) is 20.4.